The van der Waals surface area contributed by atoms with Crippen LogP contribution in [-0.4, -0.2) is 48.4 Å². The maximum Gasteiger partial charge on any atom is 0.262 e. The molecule has 0 unspecified atom stereocenters. The number of nitrogens with zero attached hydrogens (tertiary/aromatic N) is 2. The molecule has 1 aliphatic rings. The fraction of sp³-hybridized carbons (Fsp3) is 0.217. The number of aromatic amines is 2. The number of nitrogens with one attached hydrogen (secondary N) is 2. The Morgan fingerprint density at radius 3 is 2.58 bits per heavy atom. The topological polar surface area (TPSA) is 134 Å². The largest absolute Gasteiger partial charge is 0.493 e. The van der Waals surface area contributed by atoms with E-state index in [1.54, 1.807) is 24.3 Å². The van der Waals surface area contributed by atoms with Gasteiger partial charge in [0.25, 0.3) is 5.56 Å². The highest BCUT2D eigenvalue weighted by Gasteiger charge is 2.25. The number of rotatable bonds is 4. The van der Waals surface area contributed by atoms with Gasteiger partial charge >= 0.3 is 0 Å². The molecule has 4 aromatic rings. The fourth-order valence-corrected chi connectivity index (χ4v) is 5.10. The molecule has 0 atom stereocenters. The molecule has 33 heavy (non-hydrogen) atoms. The van der Waals surface area contributed by atoms with E-state index in [0.29, 0.717) is 34.5 Å². The number of ether oxygens (including phenoxy) is 1. The summed E-state index contributed by atoms with van der Waals surface area (Å²) < 4.78 is 32.1. The van der Waals surface area contributed by atoms with E-state index >= 15 is 0 Å². The summed E-state index contributed by atoms with van der Waals surface area (Å²) in [4.78, 5) is 23.2. The molecule has 0 amide bonds. The molecule has 0 radical (unpaired) electrons. The number of para-hydroxylation sites is 1. The first-order chi connectivity index (χ1) is 15.8. The van der Waals surface area contributed by atoms with Gasteiger partial charge in [-0.3, -0.25) is 9.78 Å². The molecule has 0 saturated carbocycles. The maximum atomic E-state index is 12.9. The number of benzene rings is 2. The van der Waals surface area contributed by atoms with E-state index in [1.807, 2.05) is 18.2 Å². The van der Waals surface area contributed by atoms with Gasteiger partial charge in [0.05, 0.1) is 22.6 Å². The van der Waals surface area contributed by atoms with E-state index in [0.717, 1.165) is 34.0 Å². The van der Waals surface area contributed by atoms with Crippen LogP contribution in [0.3, 0.4) is 0 Å². The number of aromatic nitrogens is 3. The van der Waals surface area contributed by atoms with Crippen molar-refractivity contribution >= 4 is 27.0 Å². The first-order valence-corrected chi connectivity index (χ1v) is 11.9. The number of H-pyrrole nitrogens is 2. The van der Waals surface area contributed by atoms with Crippen LogP contribution in [0, 0.1) is 0 Å². The van der Waals surface area contributed by atoms with Crippen molar-refractivity contribution in [2.24, 2.45) is 0 Å². The SMILES string of the molecule is CN(C)S(=O)(=O)c1ccc(-c2[nH]c3nc(N)[nH]c(=O)c3c2-c2cccc3c2OCCC3)cc1. The molecule has 0 saturated heterocycles. The van der Waals surface area contributed by atoms with Crippen molar-refractivity contribution < 1.29 is 13.2 Å². The van der Waals surface area contributed by atoms with Gasteiger partial charge in [0, 0.05) is 25.2 Å². The second-order valence-corrected chi connectivity index (χ2v) is 10.3. The Hall–Kier alpha value is -3.63. The quantitative estimate of drug-likeness (QED) is 0.424. The van der Waals surface area contributed by atoms with Crippen LogP contribution < -0.4 is 16.0 Å². The van der Waals surface area contributed by atoms with Gasteiger partial charge in [0.1, 0.15) is 11.4 Å². The van der Waals surface area contributed by atoms with Gasteiger partial charge in [-0.15, -0.1) is 0 Å². The first-order valence-electron chi connectivity index (χ1n) is 10.5. The number of nitrogens with two attached hydrogens (primary N) is 1. The smallest absolute Gasteiger partial charge is 0.262 e. The van der Waals surface area contributed by atoms with Crippen LogP contribution in [-0.2, 0) is 16.4 Å². The van der Waals surface area contributed by atoms with Crippen molar-refractivity contribution in [2.75, 3.05) is 26.4 Å². The van der Waals surface area contributed by atoms with Crippen LogP contribution in [0.25, 0.3) is 33.4 Å². The Kier molecular flexibility index (Phi) is 4.98. The molecule has 0 fully saturated rings. The Labute approximate surface area is 190 Å². The van der Waals surface area contributed by atoms with E-state index in [4.69, 9.17) is 10.5 Å². The van der Waals surface area contributed by atoms with Gasteiger partial charge in [-0.05, 0) is 36.1 Å². The van der Waals surface area contributed by atoms with Gasteiger partial charge in [0.15, 0.2) is 0 Å². The minimum absolute atomic E-state index is 0.00520. The third-order valence-corrected chi connectivity index (χ3v) is 7.63. The van der Waals surface area contributed by atoms with E-state index in [2.05, 4.69) is 15.0 Å². The van der Waals surface area contributed by atoms with E-state index in [-0.39, 0.29) is 16.4 Å². The van der Waals surface area contributed by atoms with Crippen LogP contribution in [0.1, 0.15) is 12.0 Å². The van der Waals surface area contributed by atoms with E-state index in [1.165, 1.54) is 14.1 Å². The number of sulfonamides is 1. The monoisotopic (exact) mass is 465 g/mol. The van der Waals surface area contributed by atoms with Gasteiger partial charge in [-0.2, -0.15) is 4.98 Å². The normalized spacial score (nSPS) is 13.8. The second-order valence-electron chi connectivity index (χ2n) is 8.11. The molecule has 5 rings (SSSR count). The maximum absolute atomic E-state index is 12.9. The number of hydrogen-bond donors (Lipinski definition) is 3. The van der Waals surface area contributed by atoms with Gasteiger partial charge in [-0.1, -0.05) is 30.3 Å². The van der Waals surface area contributed by atoms with Crippen LogP contribution in [0.5, 0.6) is 5.75 Å². The minimum atomic E-state index is -3.57. The van der Waals surface area contributed by atoms with Crippen molar-refractivity contribution in [1.82, 2.24) is 19.3 Å². The Morgan fingerprint density at radius 2 is 1.85 bits per heavy atom. The highest BCUT2D eigenvalue weighted by atomic mass is 32.2. The molecule has 2 aromatic carbocycles. The second kappa shape index (κ2) is 7.75. The molecule has 170 valence electrons. The van der Waals surface area contributed by atoms with Crippen LogP contribution in [0.4, 0.5) is 5.95 Å². The Morgan fingerprint density at radius 1 is 1.09 bits per heavy atom. The van der Waals surface area contributed by atoms with Crippen molar-refractivity contribution in [2.45, 2.75) is 17.7 Å². The van der Waals surface area contributed by atoms with Crippen LogP contribution >= 0.6 is 0 Å². The zero-order valence-electron chi connectivity index (χ0n) is 18.2. The summed E-state index contributed by atoms with van der Waals surface area (Å²) in [5.41, 5.74) is 9.59. The number of anilines is 1. The number of aryl methyl sites for hydroxylation is 1. The van der Waals surface area contributed by atoms with Crippen molar-refractivity contribution in [1.29, 1.82) is 0 Å². The van der Waals surface area contributed by atoms with Crippen molar-refractivity contribution in [3.63, 3.8) is 0 Å². The lowest BCUT2D eigenvalue weighted by Gasteiger charge is -2.20. The zero-order chi connectivity index (χ0) is 23.3. The van der Waals surface area contributed by atoms with Gasteiger partial charge < -0.3 is 15.5 Å². The summed E-state index contributed by atoms with van der Waals surface area (Å²) in [6.45, 7) is 0.598. The van der Waals surface area contributed by atoms with Crippen LogP contribution in [0.2, 0.25) is 0 Å². The molecular formula is C23H23N5O4S. The predicted octanol–water partition coefficient (Wildman–Crippen LogP) is 2.74. The van der Waals surface area contributed by atoms with Crippen molar-refractivity contribution in [3.05, 3.63) is 58.4 Å². The Bertz CT molecular complexity index is 1540. The summed E-state index contributed by atoms with van der Waals surface area (Å²) in [6.07, 6.45) is 1.82. The summed E-state index contributed by atoms with van der Waals surface area (Å²) in [5, 5.41) is 0.367. The molecule has 3 heterocycles. The molecule has 2 aromatic heterocycles. The molecule has 0 aliphatic carbocycles. The van der Waals surface area contributed by atoms with Crippen molar-refractivity contribution in [3.8, 4) is 28.1 Å². The summed E-state index contributed by atoms with van der Waals surface area (Å²) >= 11 is 0. The molecule has 9 nitrogen and oxygen atoms in total. The molecule has 10 heteroatoms. The molecular weight excluding hydrogens is 442 g/mol. The third-order valence-electron chi connectivity index (χ3n) is 5.81. The molecule has 0 bridgehead atoms. The lowest BCUT2D eigenvalue weighted by Crippen LogP contribution is -2.22. The van der Waals surface area contributed by atoms with E-state index < -0.39 is 10.0 Å². The number of nitrogen functional groups attached to an aromatic ring is 1. The van der Waals surface area contributed by atoms with Gasteiger partial charge in [0.2, 0.25) is 16.0 Å². The lowest BCUT2D eigenvalue weighted by atomic mass is 9.94. The number of fused-ring (bicyclic) bond motifs is 2. The third kappa shape index (κ3) is 3.47. The van der Waals surface area contributed by atoms with Crippen LogP contribution in [0.15, 0.2) is 52.2 Å². The summed E-state index contributed by atoms with van der Waals surface area (Å²) in [7, 11) is -0.596. The van der Waals surface area contributed by atoms with E-state index in [9.17, 15) is 13.2 Å². The summed E-state index contributed by atoms with van der Waals surface area (Å²) in [5.74, 6) is 0.750. The average molecular weight is 466 g/mol. The zero-order valence-corrected chi connectivity index (χ0v) is 19.0. The Balaban J connectivity index is 1.78. The summed E-state index contributed by atoms with van der Waals surface area (Å²) in [6, 6.07) is 12.4. The lowest BCUT2D eigenvalue weighted by molar-refractivity contribution is 0.289. The standard InChI is InChI=1S/C23H23N5O4S/c1-28(2)33(30,31)15-10-8-13(9-11-15)19-17(18-21(25-19)26-23(24)27-22(18)29)16-7-3-5-14-6-4-12-32-20(14)16/h3,5,7-11H,4,6,12H2,1-2H3,(H4,24,25,26,27,29). The highest BCUT2D eigenvalue weighted by Crippen LogP contribution is 2.43. The highest BCUT2D eigenvalue weighted by molar-refractivity contribution is 7.89. The molecule has 0 spiro atoms. The number of hydrogen-bond acceptors (Lipinski definition) is 6. The molecule has 1 aliphatic heterocycles. The first kappa shape index (κ1) is 21.2. The fourth-order valence-electron chi connectivity index (χ4n) is 4.20. The van der Waals surface area contributed by atoms with Gasteiger partial charge in [-0.25, -0.2) is 12.7 Å². The minimum Gasteiger partial charge on any atom is -0.493 e. The average Bonchev–Trinajstić information content (AvgIpc) is 3.18. The predicted molar refractivity (Wildman–Crippen MR) is 127 cm³/mol. The molecule has 4 N–H and O–H groups in total.